The summed E-state index contributed by atoms with van der Waals surface area (Å²) in [7, 11) is 3.09. The Morgan fingerprint density at radius 1 is 1.13 bits per heavy atom. The van der Waals surface area contributed by atoms with Crippen molar-refractivity contribution < 1.29 is 14.2 Å². The zero-order chi connectivity index (χ0) is 16.2. The molecule has 0 aliphatic carbocycles. The number of benzene rings is 1. The second-order valence-corrected chi connectivity index (χ2v) is 4.52. The van der Waals surface area contributed by atoms with Gasteiger partial charge in [-0.05, 0) is 12.1 Å². The summed E-state index contributed by atoms with van der Waals surface area (Å²) in [5, 5.41) is 0. The molecule has 0 aliphatic heterocycles. The van der Waals surface area contributed by atoms with Crippen LogP contribution in [0.4, 0.5) is 0 Å². The summed E-state index contributed by atoms with van der Waals surface area (Å²) < 4.78 is 16.3. The molecule has 3 rings (SSSR count). The first-order chi connectivity index (χ1) is 11.3. The zero-order valence-electron chi connectivity index (χ0n) is 12.7. The molecule has 0 aliphatic rings. The molecule has 1 aromatic carbocycles. The van der Waals surface area contributed by atoms with Gasteiger partial charge >= 0.3 is 0 Å². The third kappa shape index (κ3) is 2.74. The van der Waals surface area contributed by atoms with Crippen molar-refractivity contribution >= 4 is 11.3 Å². The summed E-state index contributed by atoms with van der Waals surface area (Å²) >= 11 is 0. The summed E-state index contributed by atoms with van der Waals surface area (Å²) in [5.41, 5.74) is 1.90. The number of hydrogen-bond donors (Lipinski definition) is 1. The normalized spacial score (nSPS) is 10.3. The summed E-state index contributed by atoms with van der Waals surface area (Å²) in [6.07, 6.45) is 8.43. The summed E-state index contributed by atoms with van der Waals surface area (Å²) in [4.78, 5) is 15.9. The fourth-order valence-electron chi connectivity index (χ4n) is 2.16. The van der Waals surface area contributed by atoms with Crippen molar-refractivity contribution in [2.75, 3.05) is 20.8 Å². The zero-order valence-corrected chi connectivity index (χ0v) is 12.7. The predicted octanol–water partition coefficient (Wildman–Crippen LogP) is 2.05. The molecule has 0 saturated heterocycles. The van der Waals surface area contributed by atoms with Crippen molar-refractivity contribution in [1.29, 1.82) is 0 Å². The highest BCUT2D eigenvalue weighted by molar-refractivity contribution is 5.74. The summed E-state index contributed by atoms with van der Waals surface area (Å²) in [6, 6.07) is 3.57. The van der Waals surface area contributed by atoms with Crippen LogP contribution in [0.3, 0.4) is 0 Å². The molecule has 0 radical (unpaired) electrons. The first-order valence-electron chi connectivity index (χ1n) is 6.76. The molecule has 23 heavy (non-hydrogen) atoms. The van der Waals surface area contributed by atoms with Crippen LogP contribution in [0.5, 0.6) is 17.2 Å². The molecule has 7 heteroatoms. The van der Waals surface area contributed by atoms with Gasteiger partial charge in [0.05, 0.1) is 14.2 Å². The molecule has 2 aromatic heterocycles. The van der Waals surface area contributed by atoms with Crippen molar-refractivity contribution in [3.8, 4) is 41.0 Å². The predicted molar refractivity (Wildman–Crippen MR) is 84.6 cm³/mol. The van der Waals surface area contributed by atoms with Crippen LogP contribution in [0.15, 0.2) is 24.5 Å². The quantitative estimate of drug-likeness (QED) is 0.726. The number of fused-ring (bicyclic) bond motifs is 1. The lowest BCUT2D eigenvalue weighted by atomic mass is 10.1. The molecule has 7 nitrogen and oxygen atoms in total. The Morgan fingerprint density at radius 3 is 2.43 bits per heavy atom. The summed E-state index contributed by atoms with van der Waals surface area (Å²) in [6.45, 7) is 0.116. The third-order valence-electron chi connectivity index (χ3n) is 3.17. The van der Waals surface area contributed by atoms with Gasteiger partial charge in [-0.15, -0.1) is 6.42 Å². The average Bonchev–Trinajstić information content (AvgIpc) is 3.03. The van der Waals surface area contributed by atoms with Crippen molar-refractivity contribution in [1.82, 2.24) is 19.9 Å². The highest BCUT2D eigenvalue weighted by Gasteiger charge is 2.17. The maximum Gasteiger partial charge on any atom is 0.204 e. The molecule has 0 fully saturated rings. The Bertz CT molecular complexity index is 824. The van der Waals surface area contributed by atoms with Gasteiger partial charge in [0.1, 0.15) is 12.4 Å². The lowest BCUT2D eigenvalue weighted by Crippen LogP contribution is -2.00. The highest BCUT2D eigenvalue weighted by Crippen LogP contribution is 2.41. The number of terminal acetylenes is 1. The fourth-order valence-corrected chi connectivity index (χ4v) is 2.16. The number of aromatic amines is 1. The number of aromatic nitrogens is 4. The third-order valence-corrected chi connectivity index (χ3v) is 3.17. The second kappa shape index (κ2) is 6.23. The van der Waals surface area contributed by atoms with Crippen molar-refractivity contribution in [3.63, 3.8) is 0 Å². The first kappa shape index (κ1) is 14.7. The molecular weight excluding hydrogens is 296 g/mol. The van der Waals surface area contributed by atoms with Gasteiger partial charge in [-0.25, -0.2) is 15.0 Å². The van der Waals surface area contributed by atoms with Crippen LogP contribution in [-0.4, -0.2) is 40.8 Å². The standard InChI is InChI=1S/C16H14N4O3/c1-4-7-23-13-11(21-2)8-10(9-12(13)22-3)14-19-15-16(20-14)18-6-5-17-15/h1,5-6,8-9H,7H2,2-3H3,(H,17,18,19,20). The highest BCUT2D eigenvalue weighted by atomic mass is 16.5. The molecular formula is C16H14N4O3. The number of nitrogens with zero attached hydrogens (tertiary/aromatic N) is 3. The number of imidazole rings is 1. The topological polar surface area (TPSA) is 82.2 Å². The lowest BCUT2D eigenvalue weighted by Gasteiger charge is -2.14. The van der Waals surface area contributed by atoms with Crippen LogP contribution >= 0.6 is 0 Å². The van der Waals surface area contributed by atoms with E-state index in [1.54, 1.807) is 38.7 Å². The van der Waals surface area contributed by atoms with E-state index in [9.17, 15) is 0 Å². The molecule has 0 saturated carbocycles. The minimum atomic E-state index is 0.116. The number of hydrogen-bond acceptors (Lipinski definition) is 6. The van der Waals surface area contributed by atoms with Gasteiger partial charge in [0.2, 0.25) is 5.75 Å². The van der Waals surface area contributed by atoms with E-state index in [1.165, 1.54) is 0 Å². The molecule has 1 N–H and O–H groups in total. The minimum absolute atomic E-state index is 0.116. The van der Waals surface area contributed by atoms with E-state index in [-0.39, 0.29) is 6.61 Å². The number of ether oxygens (including phenoxy) is 3. The molecule has 0 unspecified atom stereocenters. The molecule has 116 valence electrons. The Hall–Kier alpha value is -3.27. The van der Waals surface area contributed by atoms with Gasteiger partial charge in [-0.1, -0.05) is 5.92 Å². The van der Waals surface area contributed by atoms with Crippen molar-refractivity contribution in [3.05, 3.63) is 24.5 Å². The Labute approximate surface area is 132 Å². The van der Waals surface area contributed by atoms with Gasteiger partial charge in [0, 0.05) is 18.0 Å². The molecule has 2 heterocycles. The van der Waals surface area contributed by atoms with Crippen LogP contribution < -0.4 is 14.2 Å². The van der Waals surface area contributed by atoms with E-state index in [2.05, 4.69) is 25.9 Å². The maximum absolute atomic E-state index is 5.51. The van der Waals surface area contributed by atoms with E-state index in [4.69, 9.17) is 20.6 Å². The Morgan fingerprint density at radius 2 is 1.83 bits per heavy atom. The molecule has 0 spiro atoms. The van der Waals surface area contributed by atoms with Gasteiger partial charge in [0.15, 0.2) is 22.8 Å². The Balaban J connectivity index is 2.10. The largest absolute Gasteiger partial charge is 0.493 e. The van der Waals surface area contributed by atoms with Crippen LogP contribution in [-0.2, 0) is 0 Å². The fraction of sp³-hybridized carbons (Fsp3) is 0.188. The van der Waals surface area contributed by atoms with Crippen molar-refractivity contribution in [2.24, 2.45) is 0 Å². The monoisotopic (exact) mass is 310 g/mol. The van der Waals surface area contributed by atoms with Gasteiger partial charge in [-0.2, -0.15) is 0 Å². The van der Waals surface area contributed by atoms with Gasteiger partial charge < -0.3 is 19.2 Å². The minimum Gasteiger partial charge on any atom is -0.493 e. The molecule has 0 amide bonds. The van der Waals surface area contributed by atoms with Crippen LogP contribution in [0.2, 0.25) is 0 Å². The van der Waals surface area contributed by atoms with Crippen LogP contribution in [0.1, 0.15) is 0 Å². The van der Waals surface area contributed by atoms with Crippen LogP contribution in [0, 0.1) is 12.3 Å². The average molecular weight is 310 g/mol. The van der Waals surface area contributed by atoms with E-state index in [1.807, 2.05) is 0 Å². The number of methoxy groups -OCH3 is 2. The lowest BCUT2D eigenvalue weighted by molar-refractivity contribution is 0.305. The number of H-pyrrole nitrogens is 1. The Kier molecular flexibility index (Phi) is 3.97. The van der Waals surface area contributed by atoms with E-state index >= 15 is 0 Å². The second-order valence-electron chi connectivity index (χ2n) is 4.52. The maximum atomic E-state index is 5.51. The SMILES string of the molecule is C#CCOc1c(OC)cc(-c2nc3nccnc3[nH]2)cc1OC. The molecule has 0 bridgehead atoms. The van der Waals surface area contributed by atoms with Gasteiger partial charge in [0.25, 0.3) is 0 Å². The summed E-state index contributed by atoms with van der Waals surface area (Å²) in [5.74, 6) is 4.46. The van der Waals surface area contributed by atoms with E-state index in [0.29, 0.717) is 34.4 Å². The smallest absolute Gasteiger partial charge is 0.204 e. The first-order valence-corrected chi connectivity index (χ1v) is 6.76. The van der Waals surface area contributed by atoms with E-state index < -0.39 is 0 Å². The van der Waals surface area contributed by atoms with Crippen molar-refractivity contribution in [2.45, 2.75) is 0 Å². The van der Waals surface area contributed by atoms with Crippen LogP contribution in [0.25, 0.3) is 22.7 Å². The number of rotatable bonds is 5. The van der Waals surface area contributed by atoms with E-state index in [0.717, 1.165) is 5.56 Å². The van der Waals surface area contributed by atoms with Gasteiger partial charge in [-0.3, -0.25) is 0 Å². The molecule has 0 atom stereocenters. The molecule has 3 aromatic rings. The number of nitrogens with one attached hydrogen (secondary N) is 1.